The Bertz CT molecular complexity index is 229. The molecule has 17 heavy (non-hydrogen) atoms. The van der Waals surface area contributed by atoms with E-state index in [9.17, 15) is 4.79 Å². The van der Waals surface area contributed by atoms with Crippen LogP contribution in [0, 0.1) is 5.41 Å². The summed E-state index contributed by atoms with van der Waals surface area (Å²) in [4.78, 5) is 11.4. The molecule has 0 saturated heterocycles. The lowest BCUT2D eigenvalue weighted by atomic mass is 9.83. The molecule has 0 aliphatic heterocycles. The fourth-order valence-electron chi connectivity index (χ4n) is 2.39. The van der Waals surface area contributed by atoms with E-state index in [1.807, 2.05) is 0 Å². The number of carbonyl (C=O) groups is 1. The van der Waals surface area contributed by atoms with Gasteiger partial charge in [0.25, 0.3) is 0 Å². The molecule has 5 heteroatoms. The van der Waals surface area contributed by atoms with Gasteiger partial charge in [-0.15, -0.1) is 12.4 Å². The molecule has 1 saturated carbocycles. The molecule has 1 fully saturated rings. The summed E-state index contributed by atoms with van der Waals surface area (Å²) in [5.74, 6) is -0.0521. The van der Waals surface area contributed by atoms with Crippen molar-refractivity contribution in [2.24, 2.45) is 11.1 Å². The molecular weight excluding hydrogens is 240 g/mol. The number of hydrogen-bond acceptors (Lipinski definition) is 3. The molecule has 102 valence electrons. The molecule has 0 bridgehead atoms. The van der Waals surface area contributed by atoms with Gasteiger partial charge in [-0.2, -0.15) is 0 Å². The topological polar surface area (TPSA) is 64.3 Å². The maximum Gasteiger partial charge on any atom is 0.236 e. The van der Waals surface area contributed by atoms with E-state index in [2.05, 4.69) is 5.32 Å². The van der Waals surface area contributed by atoms with Gasteiger partial charge in [-0.05, 0) is 31.6 Å². The Morgan fingerprint density at radius 3 is 2.53 bits per heavy atom. The van der Waals surface area contributed by atoms with E-state index in [1.165, 1.54) is 25.7 Å². The Morgan fingerprint density at radius 2 is 2.06 bits per heavy atom. The third kappa shape index (κ3) is 5.23. The minimum Gasteiger partial charge on any atom is -0.385 e. The zero-order valence-corrected chi connectivity index (χ0v) is 11.6. The van der Waals surface area contributed by atoms with Gasteiger partial charge in [0.2, 0.25) is 5.91 Å². The zero-order valence-electron chi connectivity index (χ0n) is 10.8. The number of methoxy groups -OCH3 is 1. The predicted molar refractivity (Wildman–Crippen MR) is 71.3 cm³/mol. The van der Waals surface area contributed by atoms with E-state index < -0.39 is 6.04 Å². The summed E-state index contributed by atoms with van der Waals surface area (Å²) in [5.41, 5.74) is 5.78. The molecule has 1 aliphatic carbocycles. The normalized spacial score (nSPS) is 19.5. The fraction of sp³-hybridized carbons (Fsp3) is 0.917. The molecule has 1 rings (SSSR count). The smallest absolute Gasteiger partial charge is 0.236 e. The molecule has 0 radical (unpaired) electrons. The molecule has 0 spiro atoms. The van der Waals surface area contributed by atoms with Crippen molar-refractivity contribution in [1.82, 2.24) is 5.32 Å². The SMILES string of the molecule is COCCC1(CNC(=O)[C@@H](C)N)CCCC1.Cl. The summed E-state index contributed by atoms with van der Waals surface area (Å²) in [6.45, 7) is 3.23. The minimum absolute atomic E-state index is 0. The lowest BCUT2D eigenvalue weighted by Gasteiger charge is -2.29. The summed E-state index contributed by atoms with van der Waals surface area (Å²) in [5, 5.41) is 2.95. The van der Waals surface area contributed by atoms with Crippen LogP contribution in [0.15, 0.2) is 0 Å². The summed E-state index contributed by atoms with van der Waals surface area (Å²) >= 11 is 0. The van der Waals surface area contributed by atoms with Gasteiger partial charge in [0, 0.05) is 20.3 Å². The van der Waals surface area contributed by atoms with E-state index in [1.54, 1.807) is 14.0 Å². The number of carbonyl (C=O) groups excluding carboxylic acids is 1. The van der Waals surface area contributed by atoms with Crippen LogP contribution in [0.1, 0.15) is 39.0 Å². The van der Waals surface area contributed by atoms with E-state index >= 15 is 0 Å². The van der Waals surface area contributed by atoms with Crippen LogP contribution in [0.4, 0.5) is 0 Å². The number of ether oxygens (including phenoxy) is 1. The van der Waals surface area contributed by atoms with E-state index in [0.29, 0.717) is 0 Å². The Morgan fingerprint density at radius 1 is 1.47 bits per heavy atom. The molecule has 1 aliphatic rings. The van der Waals surface area contributed by atoms with E-state index in [0.717, 1.165) is 19.6 Å². The Hall–Kier alpha value is -0.320. The second kappa shape index (κ2) is 7.90. The second-order valence-electron chi connectivity index (χ2n) is 4.96. The fourth-order valence-corrected chi connectivity index (χ4v) is 2.39. The molecule has 1 amide bonds. The maximum atomic E-state index is 11.4. The quantitative estimate of drug-likeness (QED) is 0.764. The second-order valence-corrected chi connectivity index (χ2v) is 4.96. The van der Waals surface area contributed by atoms with Gasteiger partial charge in [-0.1, -0.05) is 12.8 Å². The highest BCUT2D eigenvalue weighted by Gasteiger charge is 2.33. The first-order valence-corrected chi connectivity index (χ1v) is 6.12. The highest BCUT2D eigenvalue weighted by molar-refractivity contribution is 5.85. The number of halogens is 1. The standard InChI is InChI=1S/C12H24N2O2.ClH/c1-10(13)11(15)14-9-12(7-8-16-2)5-3-4-6-12;/h10H,3-9,13H2,1-2H3,(H,14,15);1H/t10-;/m1./s1. The van der Waals surface area contributed by atoms with Crippen LogP contribution >= 0.6 is 12.4 Å². The van der Waals surface area contributed by atoms with E-state index in [4.69, 9.17) is 10.5 Å². The van der Waals surface area contributed by atoms with Gasteiger partial charge >= 0.3 is 0 Å². The van der Waals surface area contributed by atoms with Crippen molar-refractivity contribution in [3.63, 3.8) is 0 Å². The first kappa shape index (κ1) is 16.7. The Labute approximate surface area is 110 Å². The van der Waals surface area contributed by atoms with Crippen molar-refractivity contribution in [1.29, 1.82) is 0 Å². The third-order valence-electron chi connectivity index (χ3n) is 3.55. The summed E-state index contributed by atoms with van der Waals surface area (Å²) < 4.78 is 5.15. The van der Waals surface area contributed by atoms with Crippen LogP contribution in [0.5, 0.6) is 0 Å². The predicted octanol–water partition coefficient (Wildman–Crippen LogP) is 1.47. The lowest BCUT2D eigenvalue weighted by Crippen LogP contribution is -2.43. The Balaban J connectivity index is 0.00000256. The first-order chi connectivity index (χ1) is 7.59. The van der Waals surface area contributed by atoms with Crippen LogP contribution in [0.3, 0.4) is 0 Å². The van der Waals surface area contributed by atoms with Crippen molar-refractivity contribution in [3.05, 3.63) is 0 Å². The van der Waals surface area contributed by atoms with Crippen LogP contribution in [-0.4, -0.2) is 32.2 Å². The van der Waals surface area contributed by atoms with Crippen LogP contribution in [0.25, 0.3) is 0 Å². The van der Waals surface area contributed by atoms with Crippen LogP contribution in [0.2, 0.25) is 0 Å². The number of nitrogens with one attached hydrogen (secondary N) is 1. The molecular formula is C12H25ClN2O2. The van der Waals surface area contributed by atoms with Gasteiger partial charge in [0.1, 0.15) is 0 Å². The summed E-state index contributed by atoms with van der Waals surface area (Å²) in [6, 6.07) is -0.416. The molecule has 0 aromatic heterocycles. The molecule has 0 heterocycles. The van der Waals surface area contributed by atoms with Crippen molar-refractivity contribution in [3.8, 4) is 0 Å². The average Bonchev–Trinajstić information content (AvgIpc) is 2.72. The van der Waals surface area contributed by atoms with Crippen molar-refractivity contribution in [2.75, 3.05) is 20.3 Å². The lowest BCUT2D eigenvalue weighted by molar-refractivity contribution is -0.122. The van der Waals surface area contributed by atoms with Gasteiger partial charge < -0.3 is 15.8 Å². The van der Waals surface area contributed by atoms with Gasteiger partial charge in [-0.3, -0.25) is 4.79 Å². The molecule has 4 nitrogen and oxygen atoms in total. The van der Waals surface area contributed by atoms with Gasteiger partial charge in [-0.25, -0.2) is 0 Å². The molecule has 0 aromatic carbocycles. The monoisotopic (exact) mass is 264 g/mol. The maximum absolute atomic E-state index is 11.4. The number of hydrogen-bond donors (Lipinski definition) is 2. The minimum atomic E-state index is -0.416. The third-order valence-corrected chi connectivity index (χ3v) is 3.55. The van der Waals surface area contributed by atoms with Crippen molar-refractivity contribution < 1.29 is 9.53 Å². The zero-order chi connectivity index (χ0) is 12.0. The van der Waals surface area contributed by atoms with Crippen molar-refractivity contribution in [2.45, 2.75) is 45.1 Å². The first-order valence-electron chi connectivity index (χ1n) is 6.12. The number of amides is 1. The molecule has 1 atom stereocenters. The highest BCUT2D eigenvalue weighted by atomic mass is 35.5. The highest BCUT2D eigenvalue weighted by Crippen LogP contribution is 2.40. The molecule has 0 aromatic rings. The number of nitrogens with two attached hydrogens (primary N) is 1. The summed E-state index contributed by atoms with van der Waals surface area (Å²) in [7, 11) is 1.73. The van der Waals surface area contributed by atoms with Crippen LogP contribution in [-0.2, 0) is 9.53 Å². The summed E-state index contributed by atoms with van der Waals surface area (Å²) in [6.07, 6.45) is 5.93. The largest absolute Gasteiger partial charge is 0.385 e. The molecule has 0 unspecified atom stereocenters. The van der Waals surface area contributed by atoms with Gasteiger partial charge in [0.05, 0.1) is 6.04 Å². The van der Waals surface area contributed by atoms with E-state index in [-0.39, 0.29) is 23.7 Å². The van der Waals surface area contributed by atoms with Gasteiger partial charge in [0.15, 0.2) is 0 Å². The molecule has 3 N–H and O–H groups in total. The number of rotatable bonds is 6. The average molecular weight is 265 g/mol. The van der Waals surface area contributed by atoms with Crippen molar-refractivity contribution >= 4 is 18.3 Å². The van der Waals surface area contributed by atoms with Crippen LogP contribution < -0.4 is 11.1 Å². The Kier molecular flexibility index (Phi) is 7.75.